The molecule has 0 bridgehead atoms. The molecule has 1 saturated carbocycles. The highest BCUT2D eigenvalue weighted by Gasteiger charge is 2.45. The molecule has 4 heteroatoms. The van der Waals surface area contributed by atoms with Gasteiger partial charge >= 0.3 is 0 Å². The van der Waals surface area contributed by atoms with Gasteiger partial charge in [-0.05, 0) is 30.2 Å². The quantitative estimate of drug-likeness (QED) is 0.895. The van der Waals surface area contributed by atoms with E-state index in [1.165, 1.54) is 19.0 Å². The van der Waals surface area contributed by atoms with Crippen molar-refractivity contribution in [2.75, 3.05) is 6.54 Å². The van der Waals surface area contributed by atoms with E-state index in [0.717, 1.165) is 6.54 Å². The molecule has 0 spiro atoms. The van der Waals surface area contributed by atoms with Crippen molar-refractivity contribution in [2.45, 2.75) is 26.7 Å². The topological polar surface area (TPSA) is 42.0 Å². The van der Waals surface area contributed by atoms with E-state index in [2.05, 4.69) is 24.1 Å². The van der Waals surface area contributed by atoms with Gasteiger partial charge in [-0.25, -0.2) is 0 Å². The molecule has 17 heavy (non-hydrogen) atoms. The van der Waals surface area contributed by atoms with Crippen LogP contribution in [0.4, 0.5) is 0 Å². The molecule has 1 fully saturated rings. The smallest absolute Gasteiger partial charge is 0.254 e. The summed E-state index contributed by atoms with van der Waals surface area (Å²) >= 11 is 5.95. The van der Waals surface area contributed by atoms with Gasteiger partial charge in [0, 0.05) is 18.9 Å². The number of nitrogens with zero attached hydrogens (tertiary/aromatic N) is 1. The predicted molar refractivity (Wildman–Crippen MR) is 68.1 cm³/mol. The number of hydrogen-bond acceptors (Lipinski definition) is 2. The van der Waals surface area contributed by atoms with E-state index >= 15 is 0 Å². The zero-order valence-electron chi connectivity index (χ0n) is 10.2. The molecule has 0 atom stereocenters. The Balaban J connectivity index is 1.97. The lowest BCUT2D eigenvalue weighted by Crippen LogP contribution is -2.32. The highest BCUT2D eigenvalue weighted by molar-refractivity contribution is 6.33. The molecule has 2 rings (SSSR count). The number of pyridine rings is 1. The predicted octanol–water partition coefficient (Wildman–Crippen LogP) is 2.90. The third kappa shape index (κ3) is 2.60. The molecule has 0 aliphatic heterocycles. The van der Waals surface area contributed by atoms with Gasteiger partial charge in [0.25, 0.3) is 5.91 Å². The van der Waals surface area contributed by atoms with Crippen molar-refractivity contribution in [1.29, 1.82) is 0 Å². The second-order valence-corrected chi connectivity index (χ2v) is 5.46. The highest BCUT2D eigenvalue weighted by atomic mass is 35.5. The zero-order valence-corrected chi connectivity index (χ0v) is 10.9. The summed E-state index contributed by atoms with van der Waals surface area (Å²) in [6.45, 7) is 5.14. The van der Waals surface area contributed by atoms with Crippen LogP contribution in [0, 0.1) is 11.3 Å². The number of hydrogen-bond donors (Lipinski definition) is 1. The molecule has 92 valence electrons. The Morgan fingerprint density at radius 2 is 2.29 bits per heavy atom. The minimum atomic E-state index is -0.130. The fourth-order valence-corrected chi connectivity index (χ4v) is 2.21. The minimum Gasteiger partial charge on any atom is -0.351 e. The van der Waals surface area contributed by atoms with Crippen LogP contribution in [0.25, 0.3) is 0 Å². The van der Waals surface area contributed by atoms with Gasteiger partial charge in [-0.3, -0.25) is 9.78 Å². The first kappa shape index (κ1) is 12.4. The van der Waals surface area contributed by atoms with E-state index in [-0.39, 0.29) is 5.91 Å². The van der Waals surface area contributed by atoms with Gasteiger partial charge in [0.1, 0.15) is 0 Å². The van der Waals surface area contributed by atoms with E-state index in [1.807, 2.05) is 0 Å². The number of carbonyl (C=O) groups is 1. The maximum absolute atomic E-state index is 11.9. The van der Waals surface area contributed by atoms with Crippen LogP contribution in [0.3, 0.4) is 0 Å². The van der Waals surface area contributed by atoms with E-state index in [9.17, 15) is 4.79 Å². The highest BCUT2D eigenvalue weighted by Crippen LogP contribution is 2.51. The first-order chi connectivity index (χ1) is 8.05. The Kier molecular flexibility index (Phi) is 3.38. The minimum absolute atomic E-state index is 0.130. The second kappa shape index (κ2) is 4.65. The second-order valence-electron chi connectivity index (χ2n) is 5.06. The Labute approximate surface area is 107 Å². The van der Waals surface area contributed by atoms with Gasteiger partial charge in [-0.1, -0.05) is 25.4 Å². The largest absolute Gasteiger partial charge is 0.351 e. The average molecular weight is 253 g/mol. The Morgan fingerprint density at radius 1 is 1.59 bits per heavy atom. The molecule has 1 N–H and O–H groups in total. The van der Waals surface area contributed by atoms with Crippen molar-refractivity contribution in [3.05, 3.63) is 29.0 Å². The first-order valence-corrected chi connectivity index (χ1v) is 6.31. The first-order valence-electron chi connectivity index (χ1n) is 5.93. The van der Waals surface area contributed by atoms with E-state index in [1.54, 1.807) is 12.3 Å². The Morgan fingerprint density at radius 3 is 2.82 bits per heavy atom. The molecule has 1 aliphatic carbocycles. The lowest BCUT2D eigenvalue weighted by atomic mass is 9.92. The number of aromatic nitrogens is 1. The van der Waals surface area contributed by atoms with Crippen molar-refractivity contribution < 1.29 is 4.79 Å². The lowest BCUT2D eigenvalue weighted by molar-refractivity contribution is 0.0939. The molecule has 0 saturated heterocycles. The molecular weight excluding hydrogens is 236 g/mol. The third-order valence-corrected chi connectivity index (χ3v) is 4.06. The van der Waals surface area contributed by atoms with Crippen LogP contribution >= 0.6 is 11.6 Å². The number of halogens is 1. The zero-order chi connectivity index (χ0) is 12.5. The van der Waals surface area contributed by atoms with Crippen LogP contribution in [-0.2, 0) is 0 Å². The van der Waals surface area contributed by atoms with Crippen molar-refractivity contribution in [3.8, 4) is 0 Å². The Hall–Kier alpha value is -1.09. The molecule has 1 heterocycles. The van der Waals surface area contributed by atoms with Gasteiger partial charge in [-0.15, -0.1) is 0 Å². The number of rotatable bonds is 4. The van der Waals surface area contributed by atoms with E-state index < -0.39 is 0 Å². The van der Waals surface area contributed by atoms with E-state index in [4.69, 9.17) is 11.6 Å². The maximum Gasteiger partial charge on any atom is 0.254 e. The molecule has 0 aromatic carbocycles. The third-order valence-electron chi connectivity index (χ3n) is 3.73. The van der Waals surface area contributed by atoms with Crippen LogP contribution in [-0.4, -0.2) is 17.4 Å². The van der Waals surface area contributed by atoms with Crippen molar-refractivity contribution in [3.63, 3.8) is 0 Å². The van der Waals surface area contributed by atoms with Crippen LogP contribution in [0.1, 0.15) is 37.0 Å². The molecule has 1 aromatic heterocycles. The van der Waals surface area contributed by atoms with Gasteiger partial charge in [0.05, 0.1) is 10.6 Å². The van der Waals surface area contributed by atoms with Gasteiger partial charge in [-0.2, -0.15) is 0 Å². The van der Waals surface area contributed by atoms with Gasteiger partial charge in [0.15, 0.2) is 0 Å². The van der Waals surface area contributed by atoms with Crippen LogP contribution in [0.15, 0.2) is 18.5 Å². The monoisotopic (exact) mass is 252 g/mol. The molecule has 0 unspecified atom stereocenters. The molecule has 1 amide bonds. The SMILES string of the molecule is CC(C)C1(CNC(=O)c2cnccc2Cl)CC1. The summed E-state index contributed by atoms with van der Waals surface area (Å²) in [5.74, 6) is 0.474. The fourth-order valence-electron chi connectivity index (χ4n) is 2.01. The van der Waals surface area contributed by atoms with Crippen LogP contribution in [0.5, 0.6) is 0 Å². The van der Waals surface area contributed by atoms with E-state index in [0.29, 0.717) is 21.9 Å². The number of nitrogens with one attached hydrogen (secondary N) is 1. The summed E-state index contributed by atoms with van der Waals surface area (Å²) in [5, 5.41) is 3.41. The summed E-state index contributed by atoms with van der Waals surface area (Å²) < 4.78 is 0. The number of carbonyl (C=O) groups excluding carboxylic acids is 1. The molecule has 3 nitrogen and oxygen atoms in total. The molecular formula is C13H17ClN2O. The molecule has 0 radical (unpaired) electrons. The lowest BCUT2D eigenvalue weighted by Gasteiger charge is -2.20. The van der Waals surface area contributed by atoms with Crippen molar-refractivity contribution in [1.82, 2.24) is 10.3 Å². The summed E-state index contributed by atoms with van der Waals surface area (Å²) in [5.41, 5.74) is 0.762. The normalized spacial score (nSPS) is 16.9. The standard InChI is InChI=1S/C13H17ClN2O/c1-9(2)13(4-5-13)8-16-12(17)10-7-15-6-3-11(10)14/h3,6-7,9H,4-5,8H2,1-2H3,(H,16,17). The molecule has 1 aromatic rings. The average Bonchev–Trinajstić information content (AvgIpc) is 3.07. The maximum atomic E-state index is 11.9. The number of amides is 1. The summed E-state index contributed by atoms with van der Waals surface area (Å²) in [6, 6.07) is 1.63. The van der Waals surface area contributed by atoms with Crippen LogP contribution in [0.2, 0.25) is 5.02 Å². The van der Waals surface area contributed by atoms with Crippen LogP contribution < -0.4 is 5.32 Å². The fraction of sp³-hybridized carbons (Fsp3) is 0.538. The van der Waals surface area contributed by atoms with Gasteiger partial charge in [0.2, 0.25) is 0 Å². The molecule has 1 aliphatic rings. The summed E-state index contributed by atoms with van der Waals surface area (Å²) in [6.07, 6.45) is 5.49. The van der Waals surface area contributed by atoms with Gasteiger partial charge < -0.3 is 5.32 Å². The Bertz CT molecular complexity index is 427. The summed E-state index contributed by atoms with van der Waals surface area (Å²) in [7, 11) is 0. The van der Waals surface area contributed by atoms with Crippen molar-refractivity contribution >= 4 is 17.5 Å². The summed E-state index contributed by atoms with van der Waals surface area (Å²) in [4.78, 5) is 15.8. The van der Waals surface area contributed by atoms with Crippen molar-refractivity contribution in [2.24, 2.45) is 11.3 Å².